The molecule has 0 saturated heterocycles. The summed E-state index contributed by atoms with van der Waals surface area (Å²) in [6.07, 6.45) is 46.0. The summed E-state index contributed by atoms with van der Waals surface area (Å²) in [5.74, 6) is 0.0447. The molecule has 0 spiro atoms. The molecule has 0 aliphatic carbocycles. The molecular weight excluding hydrogens is 1190 g/mol. The molecule has 0 amide bonds. The van der Waals surface area contributed by atoms with Crippen molar-refractivity contribution in [3.8, 4) is 0 Å². The highest BCUT2D eigenvalue weighted by molar-refractivity contribution is 7.47. The molecular formula is C71H138O17P2. The van der Waals surface area contributed by atoms with Gasteiger partial charge >= 0.3 is 39.5 Å². The first kappa shape index (κ1) is 88.1. The lowest BCUT2D eigenvalue weighted by Gasteiger charge is -2.21. The van der Waals surface area contributed by atoms with E-state index in [0.29, 0.717) is 37.5 Å². The highest BCUT2D eigenvalue weighted by Gasteiger charge is 2.30. The van der Waals surface area contributed by atoms with Gasteiger partial charge in [-0.1, -0.05) is 305 Å². The van der Waals surface area contributed by atoms with Crippen LogP contribution in [0.25, 0.3) is 0 Å². The largest absolute Gasteiger partial charge is 0.472 e. The van der Waals surface area contributed by atoms with E-state index in [1.165, 1.54) is 161 Å². The minimum absolute atomic E-state index is 0.103. The number of carbonyl (C=O) groups is 4. The van der Waals surface area contributed by atoms with Crippen molar-refractivity contribution in [1.82, 2.24) is 0 Å². The van der Waals surface area contributed by atoms with Crippen LogP contribution in [0, 0.1) is 17.8 Å². The number of hydrogen-bond donors (Lipinski definition) is 3. The highest BCUT2D eigenvalue weighted by atomic mass is 31.2. The zero-order valence-corrected chi connectivity index (χ0v) is 60.4. The van der Waals surface area contributed by atoms with Crippen LogP contribution in [0.3, 0.4) is 0 Å². The van der Waals surface area contributed by atoms with Crippen molar-refractivity contribution in [2.75, 3.05) is 39.6 Å². The van der Waals surface area contributed by atoms with Crippen LogP contribution in [0.5, 0.6) is 0 Å². The highest BCUT2D eigenvalue weighted by Crippen LogP contribution is 2.45. The fourth-order valence-electron chi connectivity index (χ4n) is 10.7. The molecule has 0 aliphatic rings. The van der Waals surface area contributed by atoms with Crippen LogP contribution in [0.1, 0.15) is 357 Å². The molecule has 0 rings (SSSR count). The van der Waals surface area contributed by atoms with Gasteiger partial charge in [-0.05, 0) is 43.4 Å². The van der Waals surface area contributed by atoms with Crippen LogP contribution < -0.4 is 0 Å². The number of rotatable bonds is 69. The van der Waals surface area contributed by atoms with Gasteiger partial charge in [-0.15, -0.1) is 0 Å². The Bertz CT molecular complexity index is 1770. The van der Waals surface area contributed by atoms with Gasteiger partial charge in [-0.3, -0.25) is 37.3 Å². The number of ether oxygens (including phenoxy) is 4. The topological polar surface area (TPSA) is 237 Å². The number of phosphoric ester groups is 2. The standard InChI is InChI=1S/C71H138O17P2/c1-8-9-10-11-12-13-14-15-16-17-18-21-25-32-40-47-54-70(75)87-66(58-81-68(73)52-45-38-31-24-22-19-20-23-28-35-42-49-62(2)3)60-85-89(77,78)83-56-65(72)57-84-90(79,80)86-61-67(88-71(76)55-48-41-34-27-30-37-44-51-64(6)7)59-82-69(74)53-46-39-33-26-29-36-43-50-63(4)5/h62-67,72H,8-61H2,1-7H3,(H,77,78)(H,79,80)/t65-,66-,67-/m1/s1. The van der Waals surface area contributed by atoms with E-state index in [1.54, 1.807) is 0 Å². The lowest BCUT2D eigenvalue weighted by Crippen LogP contribution is -2.30. The van der Waals surface area contributed by atoms with Crippen LogP contribution in [-0.2, 0) is 65.4 Å². The summed E-state index contributed by atoms with van der Waals surface area (Å²) in [4.78, 5) is 72.5. The SMILES string of the molecule is CCCCCCCCCCCCCCCCCCC(=O)O[C@H](COC(=O)CCCCCCCCCCCCCC(C)C)COP(=O)(O)OC[C@@H](O)COP(=O)(O)OC[C@@H](COC(=O)CCCCCCCCCC(C)C)OC(=O)CCCCCCCCCC(C)C. The first-order valence-corrected chi connectivity index (χ1v) is 39.8. The van der Waals surface area contributed by atoms with Crippen LogP contribution in [0.2, 0.25) is 0 Å². The summed E-state index contributed by atoms with van der Waals surface area (Å²) < 4.78 is 68.3. The average molecular weight is 1330 g/mol. The quantitative estimate of drug-likeness (QED) is 0.0222. The second-order valence-corrected chi connectivity index (χ2v) is 30.0. The molecule has 0 aromatic heterocycles. The normalized spacial score (nSPS) is 14.2. The Morgan fingerprint density at radius 1 is 0.300 bits per heavy atom. The number of hydrogen-bond acceptors (Lipinski definition) is 15. The maximum Gasteiger partial charge on any atom is 0.472 e. The molecule has 0 saturated carbocycles. The molecule has 0 aromatic carbocycles. The number of aliphatic hydroxyl groups is 1. The Hall–Kier alpha value is -1.94. The minimum atomic E-state index is -4.95. The third kappa shape index (κ3) is 64.8. The number of aliphatic hydroxyl groups excluding tert-OH is 1. The molecule has 2 unspecified atom stereocenters. The maximum atomic E-state index is 13.0. The number of esters is 4. The van der Waals surface area contributed by atoms with E-state index in [-0.39, 0.29) is 25.7 Å². The monoisotopic (exact) mass is 1320 g/mol. The molecule has 0 aromatic rings. The van der Waals surface area contributed by atoms with Crippen molar-refractivity contribution < 1.29 is 80.2 Å². The molecule has 17 nitrogen and oxygen atoms in total. The first-order valence-electron chi connectivity index (χ1n) is 36.8. The van der Waals surface area contributed by atoms with Gasteiger partial charge in [0.25, 0.3) is 0 Å². The van der Waals surface area contributed by atoms with Gasteiger partial charge in [-0.25, -0.2) is 9.13 Å². The summed E-state index contributed by atoms with van der Waals surface area (Å²) in [6.45, 7) is 11.7. The Kier molecular flexibility index (Phi) is 60.6. The Labute approximate surface area is 549 Å². The Morgan fingerprint density at radius 3 is 0.756 bits per heavy atom. The zero-order valence-electron chi connectivity index (χ0n) is 58.6. The van der Waals surface area contributed by atoms with Crippen LogP contribution in [0.4, 0.5) is 0 Å². The molecule has 0 fully saturated rings. The molecule has 0 radical (unpaired) electrons. The molecule has 19 heteroatoms. The fourth-order valence-corrected chi connectivity index (χ4v) is 12.3. The Morgan fingerprint density at radius 2 is 0.511 bits per heavy atom. The van der Waals surface area contributed by atoms with Crippen molar-refractivity contribution in [3.63, 3.8) is 0 Å². The summed E-state index contributed by atoms with van der Waals surface area (Å²) in [7, 11) is -9.90. The molecule has 534 valence electrons. The summed E-state index contributed by atoms with van der Waals surface area (Å²) in [5.41, 5.74) is 0. The molecule has 0 bridgehead atoms. The average Bonchev–Trinajstić information content (AvgIpc) is 2.91. The van der Waals surface area contributed by atoms with E-state index < -0.39 is 97.5 Å². The van der Waals surface area contributed by atoms with Gasteiger partial charge in [0.1, 0.15) is 19.3 Å². The number of unbranched alkanes of at least 4 members (excludes halogenated alkanes) is 37. The van der Waals surface area contributed by atoms with Crippen LogP contribution in [-0.4, -0.2) is 96.7 Å². The van der Waals surface area contributed by atoms with Crippen molar-refractivity contribution >= 4 is 39.5 Å². The van der Waals surface area contributed by atoms with Gasteiger partial charge in [0.05, 0.1) is 26.4 Å². The maximum absolute atomic E-state index is 13.0. The van der Waals surface area contributed by atoms with Gasteiger partial charge in [0.2, 0.25) is 0 Å². The predicted molar refractivity (Wildman–Crippen MR) is 363 cm³/mol. The van der Waals surface area contributed by atoms with Gasteiger partial charge < -0.3 is 33.8 Å². The lowest BCUT2D eigenvalue weighted by molar-refractivity contribution is -0.161. The van der Waals surface area contributed by atoms with Gasteiger partial charge in [-0.2, -0.15) is 0 Å². The van der Waals surface area contributed by atoms with Crippen molar-refractivity contribution in [1.29, 1.82) is 0 Å². The molecule has 0 aliphatic heterocycles. The zero-order chi connectivity index (χ0) is 66.6. The predicted octanol–water partition coefficient (Wildman–Crippen LogP) is 20.2. The Balaban J connectivity index is 5.24. The second-order valence-electron chi connectivity index (χ2n) is 27.1. The lowest BCUT2D eigenvalue weighted by atomic mass is 10.0. The molecule has 90 heavy (non-hydrogen) atoms. The van der Waals surface area contributed by atoms with E-state index in [2.05, 4.69) is 48.5 Å². The molecule has 5 atom stereocenters. The van der Waals surface area contributed by atoms with Crippen molar-refractivity contribution in [3.05, 3.63) is 0 Å². The van der Waals surface area contributed by atoms with E-state index >= 15 is 0 Å². The number of phosphoric acid groups is 2. The van der Waals surface area contributed by atoms with E-state index in [9.17, 15) is 43.2 Å². The van der Waals surface area contributed by atoms with Gasteiger partial charge in [0, 0.05) is 25.7 Å². The smallest absolute Gasteiger partial charge is 0.462 e. The van der Waals surface area contributed by atoms with Crippen LogP contribution in [0.15, 0.2) is 0 Å². The summed E-state index contributed by atoms with van der Waals surface area (Å²) in [6, 6.07) is 0. The summed E-state index contributed by atoms with van der Waals surface area (Å²) >= 11 is 0. The number of carbonyl (C=O) groups excluding carboxylic acids is 4. The second kappa shape index (κ2) is 61.9. The summed E-state index contributed by atoms with van der Waals surface area (Å²) in [5, 5.41) is 10.6. The van der Waals surface area contributed by atoms with Crippen LogP contribution >= 0.6 is 15.6 Å². The van der Waals surface area contributed by atoms with Gasteiger partial charge in [0.15, 0.2) is 12.2 Å². The molecule has 3 N–H and O–H groups in total. The van der Waals surface area contributed by atoms with Crippen molar-refractivity contribution in [2.24, 2.45) is 17.8 Å². The van der Waals surface area contributed by atoms with E-state index in [1.807, 2.05) is 0 Å². The minimum Gasteiger partial charge on any atom is -0.462 e. The third-order valence-corrected chi connectivity index (χ3v) is 18.3. The van der Waals surface area contributed by atoms with E-state index in [4.69, 9.17) is 37.0 Å². The van der Waals surface area contributed by atoms with E-state index in [0.717, 1.165) is 102 Å². The molecule has 0 heterocycles. The fraction of sp³-hybridized carbons (Fsp3) is 0.944. The van der Waals surface area contributed by atoms with Crippen molar-refractivity contribution in [2.45, 2.75) is 375 Å². The third-order valence-electron chi connectivity index (χ3n) is 16.4. The first-order chi connectivity index (χ1) is 43.2.